The van der Waals surface area contributed by atoms with Gasteiger partial charge in [0.15, 0.2) is 11.6 Å². The normalized spacial score (nSPS) is 10.5. The molecule has 1 heterocycles. The van der Waals surface area contributed by atoms with Crippen molar-refractivity contribution in [2.45, 2.75) is 6.92 Å². The second-order valence-corrected chi connectivity index (χ2v) is 3.86. The van der Waals surface area contributed by atoms with Crippen molar-refractivity contribution < 1.29 is 14.2 Å². The van der Waals surface area contributed by atoms with Crippen molar-refractivity contribution in [3.05, 3.63) is 50.4 Å². The maximum absolute atomic E-state index is 13.6. The lowest BCUT2D eigenvalue weighted by atomic mass is 10.2. The first-order chi connectivity index (χ1) is 8.95. The molecule has 2 aromatic rings. The average molecular weight is 266 g/mol. The van der Waals surface area contributed by atoms with Crippen LogP contribution in [0.25, 0.3) is 5.69 Å². The van der Waals surface area contributed by atoms with E-state index in [-0.39, 0.29) is 17.0 Å². The second kappa shape index (κ2) is 4.60. The van der Waals surface area contributed by atoms with E-state index in [0.29, 0.717) is 0 Å². The van der Waals surface area contributed by atoms with Crippen LogP contribution in [0.3, 0.4) is 0 Å². The van der Waals surface area contributed by atoms with Crippen molar-refractivity contribution in [2.75, 3.05) is 7.11 Å². The van der Waals surface area contributed by atoms with Crippen LogP contribution in [0.15, 0.2) is 27.8 Å². The number of aromatic nitrogens is 2. The van der Waals surface area contributed by atoms with Gasteiger partial charge in [0.1, 0.15) is 0 Å². The smallest absolute Gasteiger partial charge is 0.335 e. The first-order valence-corrected chi connectivity index (χ1v) is 5.34. The number of hydrogen-bond acceptors (Lipinski definition) is 4. The zero-order chi connectivity index (χ0) is 14.2. The molecular weight excluding hydrogens is 255 g/mol. The van der Waals surface area contributed by atoms with Crippen LogP contribution in [0, 0.1) is 12.7 Å². The summed E-state index contributed by atoms with van der Waals surface area (Å²) in [5, 5.41) is 9.82. The van der Waals surface area contributed by atoms with Gasteiger partial charge in [0.2, 0.25) is 5.88 Å². The van der Waals surface area contributed by atoms with Gasteiger partial charge < -0.3 is 9.84 Å². The van der Waals surface area contributed by atoms with E-state index in [1.807, 2.05) is 4.98 Å². The molecule has 0 aliphatic carbocycles. The van der Waals surface area contributed by atoms with Gasteiger partial charge >= 0.3 is 5.69 Å². The van der Waals surface area contributed by atoms with Gasteiger partial charge in [-0.05, 0) is 19.1 Å². The fourth-order valence-corrected chi connectivity index (χ4v) is 1.65. The summed E-state index contributed by atoms with van der Waals surface area (Å²) in [4.78, 5) is 25.0. The number of nitrogens with zero attached hydrogens (tertiary/aromatic N) is 1. The van der Waals surface area contributed by atoms with Gasteiger partial charge in [-0.2, -0.15) is 0 Å². The van der Waals surface area contributed by atoms with Crippen molar-refractivity contribution in [3.8, 4) is 17.3 Å². The van der Waals surface area contributed by atoms with E-state index in [2.05, 4.69) is 0 Å². The number of halogens is 1. The second-order valence-electron chi connectivity index (χ2n) is 3.86. The van der Waals surface area contributed by atoms with Crippen molar-refractivity contribution in [1.82, 2.24) is 9.55 Å². The highest BCUT2D eigenvalue weighted by atomic mass is 19.1. The summed E-state index contributed by atoms with van der Waals surface area (Å²) in [6.45, 7) is 1.35. The maximum atomic E-state index is 13.6. The quantitative estimate of drug-likeness (QED) is 0.837. The number of hydrogen-bond donors (Lipinski definition) is 2. The predicted molar refractivity (Wildman–Crippen MR) is 65.6 cm³/mol. The molecule has 0 radical (unpaired) electrons. The third-order valence-electron chi connectivity index (χ3n) is 2.70. The van der Waals surface area contributed by atoms with Crippen LogP contribution in [0.5, 0.6) is 11.6 Å². The minimum absolute atomic E-state index is 0.0115. The Kier molecular flexibility index (Phi) is 3.12. The number of rotatable bonds is 2. The fraction of sp³-hybridized carbons (Fsp3) is 0.167. The highest BCUT2D eigenvalue weighted by Gasteiger charge is 2.13. The Labute approximate surface area is 106 Å². The van der Waals surface area contributed by atoms with Crippen molar-refractivity contribution in [2.24, 2.45) is 0 Å². The van der Waals surface area contributed by atoms with Crippen LogP contribution in [0.2, 0.25) is 0 Å². The van der Waals surface area contributed by atoms with Crippen LogP contribution in [-0.4, -0.2) is 21.8 Å². The number of H-pyrrole nitrogens is 1. The van der Waals surface area contributed by atoms with Gasteiger partial charge in [0.25, 0.3) is 5.56 Å². The van der Waals surface area contributed by atoms with Gasteiger partial charge in [-0.1, -0.05) is 0 Å². The molecule has 0 fully saturated rings. The van der Waals surface area contributed by atoms with Crippen molar-refractivity contribution in [1.29, 1.82) is 0 Å². The Morgan fingerprint density at radius 1 is 1.37 bits per heavy atom. The SMILES string of the molecule is COc1ccc(-n2c(O)c(C)c(=O)[nH]c2=O)cc1F. The summed E-state index contributed by atoms with van der Waals surface area (Å²) in [5.41, 5.74) is -1.48. The van der Waals surface area contributed by atoms with Crippen molar-refractivity contribution >= 4 is 0 Å². The molecule has 0 aliphatic rings. The molecule has 0 bridgehead atoms. The molecule has 0 amide bonds. The van der Waals surface area contributed by atoms with Crippen LogP contribution < -0.4 is 16.0 Å². The van der Waals surface area contributed by atoms with E-state index in [1.165, 1.54) is 26.2 Å². The highest BCUT2D eigenvalue weighted by molar-refractivity contribution is 5.42. The zero-order valence-corrected chi connectivity index (χ0v) is 10.2. The minimum atomic E-state index is -0.849. The standard InChI is InChI=1S/C12H11FN2O4/c1-6-10(16)14-12(18)15(11(6)17)7-3-4-9(19-2)8(13)5-7/h3-5,17H,1-2H3,(H,14,16,18). The Bertz CT molecular complexity index is 748. The molecule has 0 unspecified atom stereocenters. The molecule has 2 rings (SSSR count). The number of aromatic amines is 1. The predicted octanol–water partition coefficient (Wildman–Crippen LogP) is 0.688. The van der Waals surface area contributed by atoms with E-state index >= 15 is 0 Å². The van der Waals surface area contributed by atoms with E-state index in [4.69, 9.17) is 4.74 Å². The van der Waals surface area contributed by atoms with Crippen LogP contribution in [0.1, 0.15) is 5.56 Å². The van der Waals surface area contributed by atoms with Gasteiger partial charge in [-0.25, -0.2) is 13.8 Å². The first kappa shape index (κ1) is 12.9. The molecule has 2 N–H and O–H groups in total. The molecule has 0 aliphatic heterocycles. The van der Waals surface area contributed by atoms with Gasteiger partial charge in [0, 0.05) is 6.07 Å². The topological polar surface area (TPSA) is 84.3 Å². The summed E-state index contributed by atoms with van der Waals surface area (Å²) in [5.74, 6) is -1.20. The molecule has 19 heavy (non-hydrogen) atoms. The molecule has 0 saturated heterocycles. The Hall–Kier alpha value is -2.57. The van der Waals surface area contributed by atoms with Gasteiger partial charge in [-0.15, -0.1) is 0 Å². The lowest BCUT2D eigenvalue weighted by Crippen LogP contribution is -2.30. The summed E-state index contributed by atoms with van der Waals surface area (Å²) >= 11 is 0. The van der Waals surface area contributed by atoms with Crippen LogP contribution in [0.4, 0.5) is 4.39 Å². The summed E-state index contributed by atoms with van der Waals surface area (Å²) in [6.07, 6.45) is 0. The molecule has 7 heteroatoms. The average Bonchev–Trinajstić information content (AvgIpc) is 2.36. The number of ether oxygens (including phenoxy) is 1. The largest absolute Gasteiger partial charge is 0.494 e. The Balaban J connectivity index is 2.73. The fourth-order valence-electron chi connectivity index (χ4n) is 1.65. The molecule has 0 spiro atoms. The molecule has 6 nitrogen and oxygen atoms in total. The van der Waals surface area contributed by atoms with Crippen LogP contribution >= 0.6 is 0 Å². The maximum Gasteiger partial charge on any atom is 0.335 e. The third-order valence-corrected chi connectivity index (χ3v) is 2.70. The zero-order valence-electron chi connectivity index (χ0n) is 10.2. The van der Waals surface area contributed by atoms with E-state index < -0.39 is 22.9 Å². The monoisotopic (exact) mass is 266 g/mol. The van der Waals surface area contributed by atoms with E-state index in [9.17, 15) is 19.1 Å². The van der Waals surface area contributed by atoms with Crippen LogP contribution in [-0.2, 0) is 0 Å². The van der Waals surface area contributed by atoms with Crippen molar-refractivity contribution in [3.63, 3.8) is 0 Å². The molecule has 0 saturated carbocycles. The Morgan fingerprint density at radius 2 is 2.05 bits per heavy atom. The summed E-state index contributed by atoms with van der Waals surface area (Å²) in [6, 6.07) is 3.73. The van der Waals surface area contributed by atoms with Gasteiger partial charge in [-0.3, -0.25) is 9.78 Å². The number of nitrogens with one attached hydrogen (secondary N) is 1. The van der Waals surface area contributed by atoms with E-state index in [0.717, 1.165) is 10.6 Å². The highest BCUT2D eigenvalue weighted by Crippen LogP contribution is 2.22. The third kappa shape index (κ3) is 2.10. The summed E-state index contributed by atoms with van der Waals surface area (Å²) in [7, 11) is 1.31. The number of methoxy groups -OCH3 is 1. The van der Waals surface area contributed by atoms with Gasteiger partial charge in [0.05, 0.1) is 18.4 Å². The molecule has 1 aromatic heterocycles. The lowest BCUT2D eigenvalue weighted by Gasteiger charge is -2.10. The number of aromatic hydroxyl groups is 1. The minimum Gasteiger partial charge on any atom is -0.494 e. The molecule has 100 valence electrons. The summed E-state index contributed by atoms with van der Waals surface area (Å²) < 4.78 is 19.1. The lowest BCUT2D eigenvalue weighted by molar-refractivity contribution is 0.385. The first-order valence-electron chi connectivity index (χ1n) is 5.34. The van der Waals surface area contributed by atoms with E-state index in [1.54, 1.807) is 0 Å². The Morgan fingerprint density at radius 3 is 2.63 bits per heavy atom. The molecule has 1 aromatic carbocycles. The molecule has 0 atom stereocenters. The number of benzene rings is 1. The molecular formula is C12H11FN2O4.